The van der Waals surface area contributed by atoms with Gasteiger partial charge in [-0.25, -0.2) is 0 Å². The van der Waals surface area contributed by atoms with Crippen LogP contribution in [0.3, 0.4) is 0 Å². The molecule has 1 amide bonds. The summed E-state index contributed by atoms with van der Waals surface area (Å²) in [6.07, 6.45) is 4.99. The zero-order chi connectivity index (χ0) is 17.1. The van der Waals surface area contributed by atoms with Gasteiger partial charge in [-0.05, 0) is 56.2 Å². The average molecular weight is 347 g/mol. The Labute approximate surface area is 150 Å². The van der Waals surface area contributed by atoms with Gasteiger partial charge in [0.05, 0.1) is 12.6 Å². The molecular weight excluding hydrogens is 316 g/mol. The molecule has 0 aromatic heterocycles. The predicted molar refractivity (Wildman–Crippen MR) is 103 cm³/mol. The number of benzene rings is 1. The molecule has 0 saturated carbocycles. The Hall–Kier alpha value is -1.00. The molecule has 1 aromatic rings. The molecule has 1 aromatic carbocycles. The SMILES string of the molecule is CC(NC(=O)CN1CCSC(C)C1C)c1ccc2c(c1)CCCC2. The zero-order valence-corrected chi connectivity index (χ0v) is 16.0. The number of nitrogens with one attached hydrogen (secondary N) is 1. The second-order valence-electron chi connectivity index (χ2n) is 7.31. The Morgan fingerprint density at radius 1 is 1.29 bits per heavy atom. The van der Waals surface area contributed by atoms with Crippen LogP contribution in [0.25, 0.3) is 0 Å². The van der Waals surface area contributed by atoms with Crippen LogP contribution in [0.2, 0.25) is 0 Å². The maximum absolute atomic E-state index is 12.5. The van der Waals surface area contributed by atoms with Crippen molar-refractivity contribution < 1.29 is 4.79 Å². The summed E-state index contributed by atoms with van der Waals surface area (Å²) < 4.78 is 0. The van der Waals surface area contributed by atoms with Crippen molar-refractivity contribution >= 4 is 17.7 Å². The van der Waals surface area contributed by atoms with Crippen LogP contribution in [0, 0.1) is 0 Å². The lowest BCUT2D eigenvalue weighted by Crippen LogP contribution is -2.49. The molecule has 4 heteroatoms. The van der Waals surface area contributed by atoms with Crippen LogP contribution in [0.1, 0.15) is 56.3 Å². The van der Waals surface area contributed by atoms with E-state index in [1.807, 2.05) is 11.8 Å². The number of carbonyl (C=O) groups is 1. The first kappa shape index (κ1) is 17.8. The van der Waals surface area contributed by atoms with E-state index < -0.39 is 0 Å². The number of aryl methyl sites for hydroxylation is 2. The molecule has 1 aliphatic carbocycles. The van der Waals surface area contributed by atoms with Crippen LogP contribution in [-0.2, 0) is 17.6 Å². The summed E-state index contributed by atoms with van der Waals surface area (Å²) in [5.74, 6) is 1.27. The van der Waals surface area contributed by atoms with Crippen molar-refractivity contribution in [2.45, 2.75) is 63.8 Å². The van der Waals surface area contributed by atoms with Gasteiger partial charge in [-0.15, -0.1) is 0 Å². The van der Waals surface area contributed by atoms with E-state index in [4.69, 9.17) is 0 Å². The third kappa shape index (κ3) is 4.15. The second-order valence-corrected chi connectivity index (χ2v) is 8.80. The van der Waals surface area contributed by atoms with Crippen molar-refractivity contribution in [2.75, 3.05) is 18.8 Å². The number of hydrogen-bond donors (Lipinski definition) is 1. The maximum Gasteiger partial charge on any atom is 0.234 e. The number of fused-ring (bicyclic) bond motifs is 1. The maximum atomic E-state index is 12.5. The number of carbonyl (C=O) groups excluding carboxylic acids is 1. The first-order valence-electron chi connectivity index (χ1n) is 9.31. The third-order valence-electron chi connectivity index (χ3n) is 5.61. The third-order valence-corrected chi connectivity index (χ3v) is 6.95. The molecule has 3 unspecified atom stereocenters. The summed E-state index contributed by atoms with van der Waals surface area (Å²) in [6, 6.07) is 7.31. The van der Waals surface area contributed by atoms with E-state index in [-0.39, 0.29) is 11.9 Å². The van der Waals surface area contributed by atoms with Crippen LogP contribution >= 0.6 is 11.8 Å². The van der Waals surface area contributed by atoms with Gasteiger partial charge in [-0.2, -0.15) is 11.8 Å². The standard InChI is InChI=1S/C20H30N2OS/c1-14(18-9-8-17-6-4-5-7-19(17)12-18)21-20(23)13-22-10-11-24-16(3)15(22)2/h8-9,12,14-16H,4-7,10-11,13H2,1-3H3,(H,21,23). The second kappa shape index (κ2) is 7.92. The molecule has 3 atom stereocenters. The summed E-state index contributed by atoms with van der Waals surface area (Å²) in [5, 5.41) is 3.80. The van der Waals surface area contributed by atoms with Gasteiger partial charge in [0.15, 0.2) is 0 Å². The molecule has 3 nitrogen and oxygen atoms in total. The van der Waals surface area contributed by atoms with Crippen LogP contribution in [0.15, 0.2) is 18.2 Å². The molecule has 0 spiro atoms. The van der Waals surface area contributed by atoms with Crippen molar-refractivity contribution in [3.05, 3.63) is 34.9 Å². The minimum absolute atomic E-state index is 0.0802. The largest absolute Gasteiger partial charge is 0.348 e. The van der Waals surface area contributed by atoms with Gasteiger partial charge < -0.3 is 5.32 Å². The highest BCUT2D eigenvalue weighted by atomic mass is 32.2. The molecule has 1 saturated heterocycles. The average Bonchev–Trinajstić information content (AvgIpc) is 2.58. The topological polar surface area (TPSA) is 32.3 Å². The molecule has 132 valence electrons. The molecule has 0 radical (unpaired) electrons. The van der Waals surface area contributed by atoms with E-state index in [0.717, 1.165) is 12.3 Å². The highest BCUT2D eigenvalue weighted by Crippen LogP contribution is 2.25. The fourth-order valence-corrected chi connectivity index (χ4v) is 4.96. The highest BCUT2D eigenvalue weighted by molar-refractivity contribution is 8.00. The smallest absolute Gasteiger partial charge is 0.234 e. The Kier molecular flexibility index (Phi) is 5.88. The Morgan fingerprint density at radius 2 is 2.04 bits per heavy atom. The summed E-state index contributed by atoms with van der Waals surface area (Å²) in [7, 11) is 0. The van der Waals surface area contributed by atoms with Crippen molar-refractivity contribution in [1.82, 2.24) is 10.2 Å². The molecule has 24 heavy (non-hydrogen) atoms. The molecule has 3 rings (SSSR count). The lowest BCUT2D eigenvalue weighted by molar-refractivity contribution is -0.123. The number of nitrogens with zero attached hydrogens (tertiary/aromatic N) is 1. The molecule has 2 aliphatic rings. The molecule has 1 N–H and O–H groups in total. The van der Waals surface area contributed by atoms with Crippen LogP contribution in [-0.4, -0.2) is 40.9 Å². The van der Waals surface area contributed by atoms with Gasteiger partial charge in [0.2, 0.25) is 5.91 Å². The fraction of sp³-hybridized carbons (Fsp3) is 0.650. The van der Waals surface area contributed by atoms with Gasteiger partial charge in [-0.3, -0.25) is 9.69 Å². The summed E-state index contributed by atoms with van der Waals surface area (Å²) >= 11 is 2.01. The first-order valence-corrected chi connectivity index (χ1v) is 10.4. The molecule has 1 aliphatic heterocycles. The van der Waals surface area contributed by atoms with E-state index in [0.29, 0.717) is 17.8 Å². The van der Waals surface area contributed by atoms with Gasteiger partial charge in [-0.1, -0.05) is 25.1 Å². The van der Waals surface area contributed by atoms with Gasteiger partial charge in [0.1, 0.15) is 0 Å². The van der Waals surface area contributed by atoms with E-state index in [2.05, 4.69) is 49.2 Å². The predicted octanol–water partition coefficient (Wildman–Crippen LogP) is 3.57. The van der Waals surface area contributed by atoms with Crippen molar-refractivity contribution in [2.24, 2.45) is 0 Å². The van der Waals surface area contributed by atoms with Gasteiger partial charge in [0, 0.05) is 23.6 Å². The molecular formula is C20H30N2OS. The van der Waals surface area contributed by atoms with Crippen molar-refractivity contribution in [1.29, 1.82) is 0 Å². The van der Waals surface area contributed by atoms with Crippen molar-refractivity contribution in [3.8, 4) is 0 Å². The minimum atomic E-state index is 0.0802. The fourth-order valence-electron chi connectivity index (χ4n) is 3.80. The Balaban J connectivity index is 1.58. The minimum Gasteiger partial charge on any atom is -0.348 e. The number of hydrogen-bond acceptors (Lipinski definition) is 3. The molecule has 1 fully saturated rings. The lowest BCUT2D eigenvalue weighted by Gasteiger charge is -2.37. The van der Waals surface area contributed by atoms with E-state index in [9.17, 15) is 4.79 Å². The normalized spacial score (nSPS) is 25.8. The van der Waals surface area contributed by atoms with Crippen LogP contribution in [0.5, 0.6) is 0 Å². The number of thioether (sulfide) groups is 1. The van der Waals surface area contributed by atoms with Gasteiger partial charge >= 0.3 is 0 Å². The Morgan fingerprint density at radius 3 is 2.83 bits per heavy atom. The summed E-state index contributed by atoms with van der Waals surface area (Å²) in [6.45, 7) is 8.12. The number of amides is 1. The molecule has 0 bridgehead atoms. The van der Waals surface area contributed by atoms with E-state index in [1.54, 1.807) is 0 Å². The number of rotatable bonds is 4. The first-order chi connectivity index (χ1) is 11.5. The van der Waals surface area contributed by atoms with Crippen molar-refractivity contribution in [3.63, 3.8) is 0 Å². The summed E-state index contributed by atoms with van der Waals surface area (Å²) in [4.78, 5) is 14.8. The summed E-state index contributed by atoms with van der Waals surface area (Å²) in [5.41, 5.74) is 4.21. The van der Waals surface area contributed by atoms with Gasteiger partial charge in [0.25, 0.3) is 0 Å². The van der Waals surface area contributed by atoms with Crippen LogP contribution < -0.4 is 5.32 Å². The quantitative estimate of drug-likeness (QED) is 0.904. The highest BCUT2D eigenvalue weighted by Gasteiger charge is 2.27. The molecule has 1 heterocycles. The zero-order valence-electron chi connectivity index (χ0n) is 15.2. The Bertz CT molecular complexity index is 589. The van der Waals surface area contributed by atoms with E-state index in [1.165, 1.54) is 42.4 Å². The lowest BCUT2D eigenvalue weighted by atomic mass is 9.89. The van der Waals surface area contributed by atoms with Crippen LogP contribution in [0.4, 0.5) is 0 Å². The monoisotopic (exact) mass is 346 g/mol. The van der Waals surface area contributed by atoms with E-state index >= 15 is 0 Å².